The van der Waals surface area contributed by atoms with Crippen LogP contribution in [0, 0.1) is 0 Å². The number of nitrogens with one attached hydrogen (secondary N) is 1. The quantitative estimate of drug-likeness (QED) is 0.503. The summed E-state index contributed by atoms with van der Waals surface area (Å²) in [5, 5.41) is 8.41. The van der Waals surface area contributed by atoms with Crippen LogP contribution in [0.4, 0.5) is 0 Å². The molecular formula is C16H15NO4S. The van der Waals surface area contributed by atoms with E-state index in [0.29, 0.717) is 11.1 Å². The Morgan fingerprint density at radius 2 is 1.82 bits per heavy atom. The van der Waals surface area contributed by atoms with Crippen molar-refractivity contribution in [3.63, 3.8) is 0 Å². The Labute approximate surface area is 128 Å². The Bertz CT molecular complexity index is 783. The Morgan fingerprint density at radius 3 is 2.50 bits per heavy atom. The number of carbonyl (C=O) groups is 1. The molecule has 0 spiro atoms. The van der Waals surface area contributed by atoms with E-state index in [9.17, 15) is 13.2 Å². The molecule has 0 heterocycles. The van der Waals surface area contributed by atoms with Gasteiger partial charge in [0.25, 0.3) is 5.91 Å². The van der Waals surface area contributed by atoms with Gasteiger partial charge >= 0.3 is 0 Å². The Hall–Kier alpha value is -2.44. The van der Waals surface area contributed by atoms with Crippen molar-refractivity contribution in [1.82, 2.24) is 5.48 Å². The summed E-state index contributed by atoms with van der Waals surface area (Å²) in [6.45, 7) is 0. The van der Waals surface area contributed by atoms with Gasteiger partial charge in [-0.05, 0) is 29.3 Å². The van der Waals surface area contributed by atoms with Crippen LogP contribution in [0.3, 0.4) is 0 Å². The van der Waals surface area contributed by atoms with E-state index in [1.54, 1.807) is 36.4 Å². The van der Waals surface area contributed by atoms with Gasteiger partial charge in [-0.2, -0.15) is 0 Å². The molecule has 0 saturated carbocycles. The van der Waals surface area contributed by atoms with Gasteiger partial charge in [-0.3, -0.25) is 10.0 Å². The topological polar surface area (TPSA) is 83.5 Å². The molecule has 0 saturated heterocycles. The van der Waals surface area contributed by atoms with Crippen molar-refractivity contribution < 1.29 is 18.4 Å². The standard InChI is InChI=1S/C16H15NO4S/c18-16(17-19)10-9-13-7-4-8-15(11-13)22(20,21)12-14-5-2-1-3-6-14/h1-11,19H,12H2,(H,17,18)/b10-9+. The van der Waals surface area contributed by atoms with Crippen molar-refractivity contribution in [3.05, 3.63) is 71.8 Å². The van der Waals surface area contributed by atoms with Gasteiger partial charge in [0.1, 0.15) is 0 Å². The van der Waals surface area contributed by atoms with Crippen LogP contribution < -0.4 is 5.48 Å². The molecule has 114 valence electrons. The lowest BCUT2D eigenvalue weighted by molar-refractivity contribution is -0.124. The second kappa shape index (κ2) is 7.02. The van der Waals surface area contributed by atoms with Gasteiger partial charge < -0.3 is 0 Å². The maximum absolute atomic E-state index is 12.4. The van der Waals surface area contributed by atoms with E-state index in [-0.39, 0.29) is 10.6 Å². The minimum absolute atomic E-state index is 0.0852. The fourth-order valence-corrected chi connectivity index (χ4v) is 3.30. The van der Waals surface area contributed by atoms with Gasteiger partial charge in [0.15, 0.2) is 9.84 Å². The first-order valence-electron chi connectivity index (χ1n) is 6.50. The summed E-state index contributed by atoms with van der Waals surface area (Å²) in [7, 11) is -3.46. The highest BCUT2D eigenvalue weighted by Gasteiger charge is 2.15. The molecule has 0 atom stereocenters. The van der Waals surface area contributed by atoms with Gasteiger partial charge in [-0.15, -0.1) is 0 Å². The first-order chi connectivity index (χ1) is 10.5. The van der Waals surface area contributed by atoms with Gasteiger partial charge in [0.2, 0.25) is 0 Å². The minimum atomic E-state index is -3.46. The predicted octanol–water partition coefficient (Wildman–Crippen LogP) is 2.18. The van der Waals surface area contributed by atoms with Crippen LogP contribution in [0.25, 0.3) is 6.08 Å². The fraction of sp³-hybridized carbons (Fsp3) is 0.0625. The lowest BCUT2D eigenvalue weighted by Crippen LogP contribution is -2.14. The largest absolute Gasteiger partial charge is 0.288 e. The molecule has 5 nitrogen and oxygen atoms in total. The highest BCUT2D eigenvalue weighted by Crippen LogP contribution is 2.18. The van der Waals surface area contributed by atoms with Crippen LogP contribution in [0.1, 0.15) is 11.1 Å². The average molecular weight is 317 g/mol. The van der Waals surface area contributed by atoms with Crippen LogP contribution >= 0.6 is 0 Å². The predicted molar refractivity (Wildman–Crippen MR) is 82.7 cm³/mol. The zero-order valence-corrected chi connectivity index (χ0v) is 12.5. The first-order valence-corrected chi connectivity index (χ1v) is 8.15. The van der Waals surface area contributed by atoms with Crippen molar-refractivity contribution >= 4 is 21.8 Å². The molecule has 2 aromatic carbocycles. The Morgan fingerprint density at radius 1 is 1.09 bits per heavy atom. The van der Waals surface area contributed by atoms with Crippen LogP contribution in [0.5, 0.6) is 0 Å². The third-order valence-electron chi connectivity index (χ3n) is 2.95. The molecule has 0 aliphatic carbocycles. The average Bonchev–Trinajstić information content (AvgIpc) is 2.53. The second-order valence-corrected chi connectivity index (χ2v) is 6.62. The minimum Gasteiger partial charge on any atom is -0.288 e. The molecule has 22 heavy (non-hydrogen) atoms. The van der Waals surface area contributed by atoms with E-state index >= 15 is 0 Å². The summed E-state index contributed by atoms with van der Waals surface area (Å²) in [4.78, 5) is 11.1. The summed E-state index contributed by atoms with van der Waals surface area (Å²) in [5.74, 6) is -0.768. The van der Waals surface area contributed by atoms with Gasteiger partial charge in [0, 0.05) is 6.08 Å². The molecule has 2 N–H and O–H groups in total. The molecule has 0 aromatic heterocycles. The Balaban J connectivity index is 2.25. The molecule has 1 amide bonds. The number of sulfone groups is 1. The van der Waals surface area contributed by atoms with E-state index in [4.69, 9.17) is 5.21 Å². The van der Waals surface area contributed by atoms with Crippen molar-refractivity contribution in [2.45, 2.75) is 10.6 Å². The summed E-state index contributed by atoms with van der Waals surface area (Å²) in [5.41, 5.74) is 2.73. The molecule has 0 bridgehead atoms. The number of amides is 1. The molecule has 0 radical (unpaired) electrons. The summed E-state index contributed by atoms with van der Waals surface area (Å²) < 4.78 is 24.8. The van der Waals surface area contributed by atoms with E-state index in [0.717, 1.165) is 6.08 Å². The molecule has 0 fully saturated rings. The molecule has 2 aromatic rings. The summed E-state index contributed by atoms with van der Waals surface area (Å²) >= 11 is 0. The highest BCUT2D eigenvalue weighted by molar-refractivity contribution is 7.90. The smallest absolute Gasteiger partial charge is 0.267 e. The van der Waals surface area contributed by atoms with Crippen molar-refractivity contribution in [2.24, 2.45) is 0 Å². The van der Waals surface area contributed by atoms with E-state index in [2.05, 4.69) is 0 Å². The van der Waals surface area contributed by atoms with Crippen LogP contribution in [0.2, 0.25) is 0 Å². The summed E-state index contributed by atoms with van der Waals surface area (Å²) in [6, 6.07) is 15.2. The third kappa shape index (κ3) is 4.28. The van der Waals surface area contributed by atoms with E-state index in [1.807, 2.05) is 6.07 Å². The molecule has 0 unspecified atom stereocenters. The molecular weight excluding hydrogens is 302 g/mol. The van der Waals surface area contributed by atoms with Crippen molar-refractivity contribution in [1.29, 1.82) is 0 Å². The number of benzene rings is 2. The number of hydroxylamine groups is 1. The van der Waals surface area contributed by atoms with E-state index < -0.39 is 15.7 Å². The third-order valence-corrected chi connectivity index (χ3v) is 4.64. The second-order valence-electron chi connectivity index (χ2n) is 4.63. The maximum Gasteiger partial charge on any atom is 0.267 e. The molecule has 2 rings (SSSR count). The van der Waals surface area contributed by atoms with E-state index in [1.165, 1.54) is 23.7 Å². The maximum atomic E-state index is 12.4. The normalized spacial score (nSPS) is 11.5. The number of hydrogen-bond acceptors (Lipinski definition) is 4. The highest BCUT2D eigenvalue weighted by atomic mass is 32.2. The zero-order valence-electron chi connectivity index (χ0n) is 11.6. The number of rotatable bonds is 5. The lowest BCUT2D eigenvalue weighted by atomic mass is 10.2. The first kappa shape index (κ1) is 15.9. The molecule has 6 heteroatoms. The van der Waals surface area contributed by atoms with Crippen molar-refractivity contribution in [2.75, 3.05) is 0 Å². The Kier molecular flexibility index (Phi) is 5.08. The van der Waals surface area contributed by atoms with Gasteiger partial charge in [-0.25, -0.2) is 13.9 Å². The summed E-state index contributed by atoms with van der Waals surface area (Å²) in [6.07, 6.45) is 2.54. The fourth-order valence-electron chi connectivity index (χ4n) is 1.90. The number of hydrogen-bond donors (Lipinski definition) is 2. The number of carbonyl (C=O) groups excluding carboxylic acids is 1. The van der Waals surface area contributed by atoms with Gasteiger partial charge in [-0.1, -0.05) is 42.5 Å². The monoisotopic (exact) mass is 317 g/mol. The molecule has 0 aliphatic rings. The van der Waals surface area contributed by atoms with Crippen LogP contribution in [-0.2, 0) is 20.4 Å². The molecule has 0 aliphatic heterocycles. The lowest BCUT2D eigenvalue weighted by Gasteiger charge is -2.05. The van der Waals surface area contributed by atoms with Crippen LogP contribution in [0.15, 0.2) is 65.6 Å². The van der Waals surface area contributed by atoms with Gasteiger partial charge in [0.05, 0.1) is 10.6 Å². The SMILES string of the molecule is O=C(/C=C/c1cccc(S(=O)(=O)Cc2ccccc2)c1)NO. The van der Waals surface area contributed by atoms with Crippen LogP contribution in [-0.4, -0.2) is 19.5 Å². The van der Waals surface area contributed by atoms with Crippen molar-refractivity contribution in [3.8, 4) is 0 Å². The zero-order chi connectivity index (χ0) is 16.0.